The number of hydrogen-bond donors (Lipinski definition) is 1. The first-order valence-electron chi connectivity index (χ1n) is 19.8. The number of aromatic nitrogens is 4. The number of pyridine rings is 3. The van der Waals surface area contributed by atoms with Crippen molar-refractivity contribution in [1.29, 1.82) is 0 Å². The molecule has 4 aromatic heterocycles. The number of phenols is 1. The molecule has 294 valence electrons. The van der Waals surface area contributed by atoms with Crippen molar-refractivity contribution in [3.05, 3.63) is 175 Å². The van der Waals surface area contributed by atoms with Gasteiger partial charge in [0.25, 0.3) is 0 Å². The number of benzene rings is 5. The van der Waals surface area contributed by atoms with Crippen molar-refractivity contribution >= 4 is 21.8 Å². The first kappa shape index (κ1) is 39.7. The van der Waals surface area contributed by atoms with E-state index < -0.39 is 0 Å². The maximum absolute atomic E-state index is 11.0. The van der Waals surface area contributed by atoms with Crippen LogP contribution in [0.3, 0.4) is 0 Å². The topological polar surface area (TPSA) is 63.8 Å². The summed E-state index contributed by atoms with van der Waals surface area (Å²) in [6, 6.07) is 51.7. The number of rotatable bonds is 6. The average Bonchev–Trinajstić information content (AvgIpc) is 3.58. The SMILES string of the molecule is CC(C)(C)c1cc(-c2cc(-c3[c-]c(-c4cc(-c5cccc6c7cnccc7n(-c7ccccc7)c56)ccn4)ccc3)nc(-c3ccccc3O)c2)cc(C(C)(C)C)c1.[Pt]. The van der Waals surface area contributed by atoms with Crippen molar-refractivity contribution in [2.24, 2.45) is 0 Å². The fraction of sp³-hybridized carbons (Fsp3) is 0.151. The molecule has 9 aromatic rings. The Balaban J connectivity index is 0.00000484. The van der Waals surface area contributed by atoms with Gasteiger partial charge in [-0.1, -0.05) is 132 Å². The Hall–Kier alpha value is -6.16. The van der Waals surface area contributed by atoms with E-state index in [0.29, 0.717) is 11.3 Å². The fourth-order valence-corrected chi connectivity index (χ4v) is 7.83. The molecule has 9 rings (SSSR count). The number of fused-ring (bicyclic) bond motifs is 3. The van der Waals surface area contributed by atoms with Gasteiger partial charge in [0.1, 0.15) is 5.75 Å². The van der Waals surface area contributed by atoms with Crippen LogP contribution in [0.5, 0.6) is 5.75 Å². The van der Waals surface area contributed by atoms with E-state index in [0.717, 1.165) is 72.3 Å². The van der Waals surface area contributed by atoms with E-state index in [1.165, 1.54) is 11.1 Å². The molecule has 5 aromatic carbocycles. The van der Waals surface area contributed by atoms with Gasteiger partial charge in [-0.2, -0.15) is 0 Å². The van der Waals surface area contributed by atoms with E-state index in [2.05, 4.69) is 154 Å². The average molecular weight is 949 g/mol. The number of aromatic hydroxyl groups is 1. The molecule has 0 fully saturated rings. The zero-order valence-corrected chi connectivity index (χ0v) is 36.3. The van der Waals surface area contributed by atoms with E-state index in [1.807, 2.05) is 55.0 Å². The molecule has 59 heavy (non-hydrogen) atoms. The Morgan fingerprint density at radius 3 is 1.90 bits per heavy atom. The molecular formula is C53H45N4OPt-. The summed E-state index contributed by atoms with van der Waals surface area (Å²) in [4.78, 5) is 14.5. The number of phenolic OH excluding ortho intramolecular Hbond substituents is 1. The van der Waals surface area contributed by atoms with E-state index in [1.54, 1.807) is 6.07 Å². The molecular weight excluding hydrogens is 904 g/mol. The molecule has 6 heteroatoms. The van der Waals surface area contributed by atoms with Crippen molar-refractivity contribution in [3.63, 3.8) is 0 Å². The van der Waals surface area contributed by atoms with E-state index in [9.17, 15) is 5.11 Å². The molecule has 0 saturated heterocycles. The predicted molar refractivity (Wildman–Crippen MR) is 239 cm³/mol. The second kappa shape index (κ2) is 15.5. The molecule has 0 unspecified atom stereocenters. The Labute approximate surface area is 360 Å². The van der Waals surface area contributed by atoms with Crippen LogP contribution in [0.1, 0.15) is 52.7 Å². The summed E-state index contributed by atoms with van der Waals surface area (Å²) in [5.41, 5.74) is 14.7. The minimum Gasteiger partial charge on any atom is -0.507 e. The number of nitrogens with zero attached hydrogens (tertiary/aromatic N) is 4. The molecule has 4 heterocycles. The quantitative estimate of drug-likeness (QED) is 0.169. The summed E-state index contributed by atoms with van der Waals surface area (Å²) in [6.07, 6.45) is 5.69. The van der Waals surface area contributed by atoms with E-state index >= 15 is 0 Å². The normalized spacial score (nSPS) is 11.8. The third-order valence-corrected chi connectivity index (χ3v) is 11.0. The van der Waals surface area contributed by atoms with Crippen molar-refractivity contribution in [3.8, 4) is 67.5 Å². The van der Waals surface area contributed by atoms with Gasteiger partial charge in [-0.15, -0.1) is 24.3 Å². The van der Waals surface area contributed by atoms with Crippen LogP contribution in [-0.2, 0) is 31.9 Å². The van der Waals surface area contributed by atoms with Crippen LogP contribution >= 0.6 is 0 Å². The Morgan fingerprint density at radius 2 is 1.17 bits per heavy atom. The molecule has 0 aliphatic heterocycles. The molecule has 0 bridgehead atoms. The molecule has 5 nitrogen and oxygen atoms in total. The first-order valence-corrected chi connectivity index (χ1v) is 19.8. The number of para-hydroxylation sites is 3. The van der Waals surface area contributed by atoms with E-state index in [4.69, 9.17) is 9.97 Å². The minimum absolute atomic E-state index is 0. The largest absolute Gasteiger partial charge is 0.507 e. The van der Waals surface area contributed by atoms with Crippen LogP contribution in [-0.4, -0.2) is 24.6 Å². The minimum atomic E-state index is -0.0447. The zero-order valence-electron chi connectivity index (χ0n) is 34.1. The van der Waals surface area contributed by atoms with Gasteiger partial charge in [-0.05, 0) is 81.1 Å². The second-order valence-corrected chi connectivity index (χ2v) is 17.1. The summed E-state index contributed by atoms with van der Waals surface area (Å²) >= 11 is 0. The summed E-state index contributed by atoms with van der Waals surface area (Å²) in [5.74, 6) is 0.188. The van der Waals surface area contributed by atoms with Gasteiger partial charge in [0.05, 0.1) is 16.7 Å². The van der Waals surface area contributed by atoms with Crippen molar-refractivity contribution in [2.45, 2.75) is 52.4 Å². The first-order chi connectivity index (χ1) is 27.9. The smallest absolute Gasteiger partial charge is 0.124 e. The van der Waals surface area contributed by atoms with Crippen molar-refractivity contribution in [2.75, 3.05) is 0 Å². The van der Waals surface area contributed by atoms with Gasteiger partial charge < -0.3 is 9.67 Å². The van der Waals surface area contributed by atoms with Gasteiger partial charge in [-0.25, -0.2) is 0 Å². The molecule has 0 saturated carbocycles. The van der Waals surface area contributed by atoms with Crippen LogP contribution in [0.4, 0.5) is 0 Å². The van der Waals surface area contributed by atoms with Crippen LogP contribution in [0, 0.1) is 6.07 Å². The fourth-order valence-electron chi connectivity index (χ4n) is 7.83. The standard InChI is InChI=1S/C53H45N4O.Pt/c1-52(2,3)39-27-37(28-40(32-39)53(4,5)6)38-30-47(56-48(31-38)44-18-10-11-21-50(44)58)36-15-12-14-35(26-36)46-29-34(22-25-55-46)42-19-13-20-43-45-33-54-24-23-49(45)57(51(42)43)41-16-8-7-9-17-41;/h7-25,27-33,58H,1-6H3;/q-1;. The van der Waals surface area contributed by atoms with Crippen LogP contribution in [0.2, 0.25) is 0 Å². The zero-order chi connectivity index (χ0) is 40.2. The summed E-state index contributed by atoms with van der Waals surface area (Å²) < 4.78 is 2.33. The van der Waals surface area contributed by atoms with Crippen molar-refractivity contribution < 1.29 is 26.2 Å². The molecule has 0 aliphatic rings. The molecule has 0 aliphatic carbocycles. The van der Waals surface area contributed by atoms with Gasteiger partial charge in [0.2, 0.25) is 0 Å². The third kappa shape index (κ3) is 7.64. The van der Waals surface area contributed by atoms with Crippen molar-refractivity contribution in [1.82, 2.24) is 19.5 Å². The summed E-state index contributed by atoms with van der Waals surface area (Å²) in [7, 11) is 0. The molecule has 0 amide bonds. The Morgan fingerprint density at radius 1 is 0.542 bits per heavy atom. The van der Waals surface area contributed by atoms with Gasteiger partial charge >= 0.3 is 0 Å². The van der Waals surface area contributed by atoms with Gasteiger partial charge in [0.15, 0.2) is 0 Å². The molecule has 0 spiro atoms. The molecule has 0 radical (unpaired) electrons. The van der Waals surface area contributed by atoms with Gasteiger partial charge in [-0.3, -0.25) is 15.0 Å². The summed E-state index contributed by atoms with van der Waals surface area (Å²) in [5, 5.41) is 13.3. The van der Waals surface area contributed by atoms with Gasteiger partial charge in [0, 0.05) is 78.6 Å². The Bertz CT molecular complexity index is 2960. The molecule has 0 atom stereocenters. The second-order valence-electron chi connectivity index (χ2n) is 17.1. The third-order valence-electron chi connectivity index (χ3n) is 11.0. The van der Waals surface area contributed by atoms with Crippen LogP contribution in [0.25, 0.3) is 83.5 Å². The maximum Gasteiger partial charge on any atom is 0.124 e. The Kier molecular flexibility index (Phi) is 10.4. The maximum atomic E-state index is 11.0. The predicted octanol–water partition coefficient (Wildman–Crippen LogP) is 13.4. The number of hydrogen-bond acceptors (Lipinski definition) is 4. The van der Waals surface area contributed by atoms with Crippen LogP contribution < -0.4 is 0 Å². The summed E-state index contributed by atoms with van der Waals surface area (Å²) in [6.45, 7) is 13.5. The van der Waals surface area contributed by atoms with E-state index in [-0.39, 0.29) is 37.6 Å². The monoisotopic (exact) mass is 948 g/mol. The van der Waals surface area contributed by atoms with Crippen LogP contribution in [0.15, 0.2) is 158 Å². The molecule has 1 N–H and O–H groups in total.